The van der Waals surface area contributed by atoms with E-state index >= 15 is 0 Å². The van der Waals surface area contributed by atoms with Gasteiger partial charge in [-0.2, -0.15) is 10.5 Å². The summed E-state index contributed by atoms with van der Waals surface area (Å²) < 4.78 is 0. The number of aliphatic hydroxyl groups is 2. The van der Waals surface area contributed by atoms with Crippen LogP contribution in [0, 0.1) is 48.3 Å². The average Bonchev–Trinajstić information content (AvgIpc) is 3.69. The molecule has 1 fully saturated rings. The summed E-state index contributed by atoms with van der Waals surface area (Å²) in [6.45, 7) is 7.32. The zero-order valence-corrected chi connectivity index (χ0v) is 20.8. The highest BCUT2D eigenvalue weighted by Crippen LogP contribution is 2.36. The molecule has 1 saturated carbocycles. The van der Waals surface area contributed by atoms with Crippen molar-refractivity contribution in [2.75, 3.05) is 10.6 Å². The molecule has 0 spiro atoms. The van der Waals surface area contributed by atoms with Crippen LogP contribution in [0.4, 0.5) is 11.4 Å². The number of benzene rings is 2. The Hall–Kier alpha value is -4.56. The second kappa shape index (κ2) is 12.8. The molecule has 2 amide bonds. The Kier molecular flexibility index (Phi) is 9.83. The van der Waals surface area contributed by atoms with Crippen molar-refractivity contribution in [1.29, 1.82) is 10.5 Å². The molecule has 0 atom stereocenters. The summed E-state index contributed by atoms with van der Waals surface area (Å²) in [4.78, 5) is 23.7. The fourth-order valence-corrected chi connectivity index (χ4v) is 2.96. The van der Waals surface area contributed by atoms with Crippen molar-refractivity contribution in [2.45, 2.75) is 40.5 Å². The molecule has 0 aromatic heterocycles. The van der Waals surface area contributed by atoms with Gasteiger partial charge in [-0.25, -0.2) is 0 Å². The Bertz CT molecular complexity index is 1150. The van der Waals surface area contributed by atoms with E-state index in [1.165, 1.54) is 0 Å². The molecule has 0 bridgehead atoms. The summed E-state index contributed by atoms with van der Waals surface area (Å²) >= 11 is 0. The molecule has 3 rings (SSSR count). The highest BCUT2D eigenvalue weighted by atomic mass is 16.3. The van der Waals surface area contributed by atoms with E-state index in [4.69, 9.17) is 10.5 Å². The van der Waals surface area contributed by atoms with E-state index in [0.29, 0.717) is 11.4 Å². The molecule has 2 aromatic rings. The van der Waals surface area contributed by atoms with E-state index in [-0.39, 0.29) is 34.5 Å². The molecule has 0 aliphatic heterocycles. The predicted octanol–water partition coefficient (Wildman–Crippen LogP) is 5.60. The van der Waals surface area contributed by atoms with Gasteiger partial charge in [-0.15, -0.1) is 0 Å². The lowest BCUT2D eigenvalue weighted by Gasteiger charge is -2.08. The van der Waals surface area contributed by atoms with Crippen LogP contribution in [-0.4, -0.2) is 22.0 Å². The summed E-state index contributed by atoms with van der Waals surface area (Å²) in [5, 5.41) is 42.4. The third kappa shape index (κ3) is 8.03. The van der Waals surface area contributed by atoms with Gasteiger partial charge in [-0.1, -0.05) is 49.2 Å². The SMILES string of the molecule is Cc1ccc(NC(=O)/C(C#N)=C(\O)C(C)C)cc1.Cc1ccc(NC(=O)/C(C#N)=C(\O)C2CC2)cc1. The van der Waals surface area contributed by atoms with Gasteiger partial charge in [0.15, 0.2) is 11.1 Å². The first-order valence-electron chi connectivity index (χ1n) is 11.5. The van der Waals surface area contributed by atoms with Crippen LogP contribution in [0.1, 0.15) is 37.8 Å². The van der Waals surface area contributed by atoms with Crippen LogP contribution in [0.3, 0.4) is 0 Å². The van der Waals surface area contributed by atoms with Crippen LogP contribution in [0.5, 0.6) is 0 Å². The molecule has 0 heterocycles. The summed E-state index contributed by atoms with van der Waals surface area (Å²) in [5.74, 6) is -1.69. The number of hydrogen-bond donors (Lipinski definition) is 4. The maximum Gasteiger partial charge on any atom is 0.269 e. The number of nitrogens with one attached hydrogen (secondary N) is 2. The van der Waals surface area contributed by atoms with Gasteiger partial charge < -0.3 is 20.8 Å². The Morgan fingerprint density at radius 1 is 0.806 bits per heavy atom. The van der Waals surface area contributed by atoms with Gasteiger partial charge in [-0.05, 0) is 51.0 Å². The van der Waals surface area contributed by atoms with E-state index in [1.807, 2.05) is 38.1 Å². The van der Waals surface area contributed by atoms with Crippen molar-refractivity contribution in [3.05, 3.63) is 82.3 Å². The largest absolute Gasteiger partial charge is 0.510 e. The lowest BCUT2D eigenvalue weighted by Crippen LogP contribution is -2.16. The van der Waals surface area contributed by atoms with Crippen LogP contribution in [-0.2, 0) is 9.59 Å². The van der Waals surface area contributed by atoms with E-state index in [0.717, 1.165) is 24.0 Å². The molecular formula is C28H30N4O4. The third-order valence-corrected chi connectivity index (χ3v) is 5.32. The highest BCUT2D eigenvalue weighted by Gasteiger charge is 2.30. The minimum Gasteiger partial charge on any atom is -0.510 e. The summed E-state index contributed by atoms with van der Waals surface area (Å²) in [7, 11) is 0. The van der Waals surface area contributed by atoms with Crippen LogP contribution in [0.2, 0.25) is 0 Å². The van der Waals surface area contributed by atoms with E-state index < -0.39 is 11.8 Å². The number of aliphatic hydroxyl groups excluding tert-OH is 2. The number of nitriles is 2. The Morgan fingerprint density at radius 2 is 1.19 bits per heavy atom. The Labute approximate surface area is 211 Å². The summed E-state index contributed by atoms with van der Waals surface area (Å²) in [6.07, 6.45) is 1.68. The maximum atomic E-state index is 11.9. The van der Waals surface area contributed by atoms with Gasteiger partial charge in [0.1, 0.15) is 23.7 Å². The molecule has 2 aromatic carbocycles. The van der Waals surface area contributed by atoms with E-state index in [9.17, 15) is 19.8 Å². The molecule has 8 nitrogen and oxygen atoms in total. The Balaban J connectivity index is 0.000000254. The molecule has 1 aliphatic rings. The second-order valence-electron chi connectivity index (χ2n) is 8.81. The average molecular weight is 487 g/mol. The molecule has 0 unspecified atom stereocenters. The van der Waals surface area contributed by atoms with Gasteiger partial charge in [0.05, 0.1) is 0 Å². The van der Waals surface area contributed by atoms with Crippen molar-refractivity contribution in [1.82, 2.24) is 0 Å². The summed E-state index contributed by atoms with van der Waals surface area (Å²) in [5.41, 5.74) is 2.94. The number of anilines is 2. The molecule has 0 saturated heterocycles. The quantitative estimate of drug-likeness (QED) is 0.237. The van der Waals surface area contributed by atoms with Crippen LogP contribution >= 0.6 is 0 Å². The van der Waals surface area contributed by atoms with Crippen molar-refractivity contribution in [3.8, 4) is 12.1 Å². The molecule has 8 heteroatoms. The number of hydrogen-bond acceptors (Lipinski definition) is 6. The van der Waals surface area contributed by atoms with E-state index in [1.54, 1.807) is 50.3 Å². The minimum absolute atomic E-state index is 0.0107. The van der Waals surface area contributed by atoms with Crippen LogP contribution in [0.25, 0.3) is 0 Å². The number of amides is 2. The number of carbonyl (C=O) groups is 2. The first-order chi connectivity index (χ1) is 17.1. The topological polar surface area (TPSA) is 146 Å². The standard InChI is InChI=1S/C14H14N2O2.C14H16N2O2/c1-9-2-6-11(7-3-9)16-14(18)12(8-15)13(17)10-4-5-10;1-9(2)13(17)12(8-15)14(18)16-11-6-4-10(3)5-7-11/h2-3,6-7,10,17H,4-5H2,1H3,(H,16,18);4-7,9,17H,1-3H3,(H,16,18)/b2*13-12-. The molecule has 186 valence electrons. The lowest BCUT2D eigenvalue weighted by molar-refractivity contribution is -0.113. The first-order valence-corrected chi connectivity index (χ1v) is 11.5. The number of nitrogens with zero attached hydrogens (tertiary/aromatic N) is 2. The molecule has 0 radical (unpaired) electrons. The van der Waals surface area contributed by atoms with Crippen molar-refractivity contribution in [2.24, 2.45) is 11.8 Å². The molecular weight excluding hydrogens is 456 g/mol. The van der Waals surface area contributed by atoms with Crippen LogP contribution in [0.15, 0.2) is 71.2 Å². The first kappa shape index (κ1) is 27.7. The fraction of sp³-hybridized carbons (Fsp3) is 0.286. The zero-order valence-electron chi connectivity index (χ0n) is 20.8. The minimum atomic E-state index is -0.590. The predicted molar refractivity (Wildman–Crippen MR) is 138 cm³/mol. The highest BCUT2D eigenvalue weighted by molar-refractivity contribution is 6.07. The normalized spacial score (nSPS) is 13.6. The third-order valence-electron chi connectivity index (χ3n) is 5.32. The number of rotatable bonds is 6. The second-order valence-corrected chi connectivity index (χ2v) is 8.81. The molecule has 1 aliphatic carbocycles. The van der Waals surface area contributed by atoms with Gasteiger partial charge >= 0.3 is 0 Å². The van der Waals surface area contributed by atoms with Crippen LogP contribution < -0.4 is 10.6 Å². The fourth-order valence-electron chi connectivity index (χ4n) is 2.96. The monoisotopic (exact) mass is 486 g/mol. The smallest absolute Gasteiger partial charge is 0.269 e. The Morgan fingerprint density at radius 3 is 1.53 bits per heavy atom. The molecule has 36 heavy (non-hydrogen) atoms. The van der Waals surface area contributed by atoms with Crippen molar-refractivity contribution < 1.29 is 19.8 Å². The number of allylic oxidation sites excluding steroid dienone is 2. The lowest BCUT2D eigenvalue weighted by atomic mass is 10.1. The van der Waals surface area contributed by atoms with Gasteiger partial charge in [0.25, 0.3) is 11.8 Å². The van der Waals surface area contributed by atoms with Crippen molar-refractivity contribution >= 4 is 23.2 Å². The van der Waals surface area contributed by atoms with Gasteiger partial charge in [0.2, 0.25) is 0 Å². The van der Waals surface area contributed by atoms with Crippen molar-refractivity contribution in [3.63, 3.8) is 0 Å². The van der Waals surface area contributed by atoms with Gasteiger partial charge in [0, 0.05) is 23.2 Å². The zero-order chi connectivity index (χ0) is 26.8. The maximum absolute atomic E-state index is 11.9. The van der Waals surface area contributed by atoms with E-state index in [2.05, 4.69) is 10.6 Å². The number of aryl methyl sites for hydroxylation is 2. The molecule has 4 N–H and O–H groups in total. The summed E-state index contributed by atoms with van der Waals surface area (Å²) in [6, 6.07) is 18.0. The number of carbonyl (C=O) groups excluding carboxylic acids is 2. The van der Waals surface area contributed by atoms with Gasteiger partial charge in [-0.3, -0.25) is 9.59 Å².